The van der Waals surface area contributed by atoms with Gasteiger partial charge < -0.3 is 8.85 Å². The van der Waals surface area contributed by atoms with Crippen molar-refractivity contribution in [3.8, 4) is 0 Å². The highest BCUT2D eigenvalue weighted by atomic mass is 28.3. The van der Waals surface area contributed by atoms with Gasteiger partial charge in [-0.1, -0.05) is 37.3 Å². The van der Waals surface area contributed by atoms with E-state index in [1.54, 1.807) is 14.2 Å². The van der Waals surface area contributed by atoms with Gasteiger partial charge in [0.2, 0.25) is 0 Å². The molecule has 0 N–H and O–H groups in total. The lowest BCUT2D eigenvalue weighted by Crippen LogP contribution is -2.21. The molecule has 0 saturated heterocycles. The Bertz CT molecular complexity index is 260. The van der Waals surface area contributed by atoms with Crippen molar-refractivity contribution in [2.75, 3.05) is 14.2 Å². The molecule has 0 radical (unpaired) electrons. The van der Waals surface area contributed by atoms with Gasteiger partial charge in [-0.3, -0.25) is 0 Å². The van der Waals surface area contributed by atoms with Crippen LogP contribution in [-0.4, -0.2) is 23.5 Å². The summed E-state index contributed by atoms with van der Waals surface area (Å²) in [7, 11) is 2.06. The molecule has 1 rings (SSSR count). The van der Waals surface area contributed by atoms with Gasteiger partial charge in [0, 0.05) is 14.2 Å². The highest BCUT2D eigenvalue weighted by molar-refractivity contribution is 6.44. The van der Waals surface area contributed by atoms with Gasteiger partial charge in [0.05, 0.1) is 0 Å². The molecule has 0 bridgehead atoms. The summed E-state index contributed by atoms with van der Waals surface area (Å²) in [5.41, 5.74) is 1.40. The summed E-state index contributed by atoms with van der Waals surface area (Å²) in [4.78, 5) is 0. The van der Waals surface area contributed by atoms with E-state index in [9.17, 15) is 0 Å². The highest BCUT2D eigenvalue weighted by Crippen LogP contribution is 2.25. The van der Waals surface area contributed by atoms with Gasteiger partial charge >= 0.3 is 9.28 Å². The second-order valence-electron chi connectivity index (χ2n) is 3.65. The zero-order chi connectivity index (χ0) is 11.1. The molecule has 1 atom stereocenters. The van der Waals surface area contributed by atoms with Crippen molar-refractivity contribution < 1.29 is 8.85 Å². The molecule has 1 unspecified atom stereocenters. The van der Waals surface area contributed by atoms with Crippen LogP contribution in [0.4, 0.5) is 0 Å². The maximum atomic E-state index is 5.37. The predicted molar refractivity (Wildman–Crippen MR) is 65.4 cm³/mol. The standard InChI is InChI=1S/C12H20O2Si/c1-4-11(10-15(13-2)14-3)12-8-6-5-7-9-12/h5-9,11,15H,4,10H2,1-3H3. The fourth-order valence-corrected chi connectivity index (χ4v) is 3.43. The van der Waals surface area contributed by atoms with E-state index < -0.39 is 9.28 Å². The molecule has 1 aromatic rings. The van der Waals surface area contributed by atoms with Crippen molar-refractivity contribution in [3.05, 3.63) is 35.9 Å². The molecule has 0 aromatic heterocycles. The number of hydrogen-bond acceptors (Lipinski definition) is 2. The van der Waals surface area contributed by atoms with Crippen LogP contribution in [0, 0.1) is 0 Å². The van der Waals surface area contributed by atoms with Crippen LogP contribution in [0.2, 0.25) is 6.04 Å². The Morgan fingerprint density at radius 2 is 1.73 bits per heavy atom. The first-order valence-corrected chi connectivity index (χ1v) is 7.18. The van der Waals surface area contributed by atoms with E-state index >= 15 is 0 Å². The fourth-order valence-electron chi connectivity index (χ4n) is 1.78. The van der Waals surface area contributed by atoms with Crippen LogP contribution in [0.1, 0.15) is 24.8 Å². The summed E-state index contributed by atoms with van der Waals surface area (Å²) in [5, 5.41) is 0. The first-order chi connectivity index (χ1) is 7.31. The Labute approximate surface area is 94.1 Å². The van der Waals surface area contributed by atoms with Crippen molar-refractivity contribution in [2.24, 2.45) is 0 Å². The number of hydrogen-bond donors (Lipinski definition) is 0. The monoisotopic (exact) mass is 224 g/mol. The summed E-state index contributed by atoms with van der Waals surface area (Å²) in [6.07, 6.45) is 1.14. The summed E-state index contributed by atoms with van der Waals surface area (Å²) in [6.45, 7) is 2.22. The average Bonchev–Trinajstić information content (AvgIpc) is 2.32. The normalized spacial score (nSPS) is 13.1. The highest BCUT2D eigenvalue weighted by Gasteiger charge is 2.18. The molecule has 1 aromatic carbocycles. The average molecular weight is 224 g/mol. The predicted octanol–water partition coefficient (Wildman–Crippen LogP) is 2.69. The third-order valence-electron chi connectivity index (χ3n) is 2.77. The van der Waals surface area contributed by atoms with Gasteiger partial charge in [0.25, 0.3) is 0 Å². The number of benzene rings is 1. The molecule has 0 aliphatic rings. The molecular weight excluding hydrogens is 204 g/mol. The van der Waals surface area contributed by atoms with Crippen LogP contribution in [0.3, 0.4) is 0 Å². The van der Waals surface area contributed by atoms with Crippen LogP contribution in [0.15, 0.2) is 30.3 Å². The van der Waals surface area contributed by atoms with E-state index in [4.69, 9.17) is 8.85 Å². The van der Waals surface area contributed by atoms with Crippen molar-refractivity contribution in [1.82, 2.24) is 0 Å². The van der Waals surface area contributed by atoms with Crippen molar-refractivity contribution >= 4 is 9.28 Å². The summed E-state index contributed by atoms with van der Waals surface area (Å²) < 4.78 is 10.7. The first kappa shape index (κ1) is 12.4. The van der Waals surface area contributed by atoms with E-state index in [1.807, 2.05) is 0 Å². The molecule has 3 heteroatoms. The van der Waals surface area contributed by atoms with Crippen LogP contribution in [0.5, 0.6) is 0 Å². The van der Waals surface area contributed by atoms with E-state index in [0.29, 0.717) is 5.92 Å². The third kappa shape index (κ3) is 3.78. The molecule has 0 amide bonds. The quantitative estimate of drug-likeness (QED) is 0.692. The maximum absolute atomic E-state index is 5.37. The minimum absolute atomic E-state index is 0.572. The number of rotatable bonds is 6. The minimum Gasteiger partial charge on any atom is -0.400 e. The fraction of sp³-hybridized carbons (Fsp3) is 0.500. The first-order valence-electron chi connectivity index (χ1n) is 5.42. The lowest BCUT2D eigenvalue weighted by Gasteiger charge is -2.19. The second kappa shape index (κ2) is 6.77. The van der Waals surface area contributed by atoms with Crippen molar-refractivity contribution in [1.29, 1.82) is 0 Å². The molecule has 0 aliphatic carbocycles. The minimum atomic E-state index is -1.44. The topological polar surface area (TPSA) is 18.5 Å². The van der Waals surface area contributed by atoms with Gasteiger partial charge in [-0.15, -0.1) is 0 Å². The van der Waals surface area contributed by atoms with Gasteiger partial charge in [-0.25, -0.2) is 0 Å². The largest absolute Gasteiger partial charge is 0.400 e. The zero-order valence-corrected chi connectivity index (χ0v) is 10.9. The molecule has 0 aliphatic heterocycles. The van der Waals surface area contributed by atoms with Gasteiger partial charge in [-0.2, -0.15) is 0 Å². The van der Waals surface area contributed by atoms with E-state index in [0.717, 1.165) is 12.5 Å². The van der Waals surface area contributed by atoms with Crippen LogP contribution in [-0.2, 0) is 8.85 Å². The van der Waals surface area contributed by atoms with Gasteiger partial charge in [0.1, 0.15) is 0 Å². The summed E-state index contributed by atoms with van der Waals surface area (Å²) in [6, 6.07) is 11.7. The molecule has 15 heavy (non-hydrogen) atoms. The second-order valence-corrected chi connectivity index (χ2v) is 5.93. The summed E-state index contributed by atoms with van der Waals surface area (Å²) >= 11 is 0. The van der Waals surface area contributed by atoms with E-state index in [-0.39, 0.29) is 0 Å². The summed E-state index contributed by atoms with van der Waals surface area (Å²) in [5.74, 6) is 0.572. The van der Waals surface area contributed by atoms with Crippen LogP contribution in [0.25, 0.3) is 0 Å². The maximum Gasteiger partial charge on any atom is 0.321 e. The third-order valence-corrected chi connectivity index (χ3v) is 4.77. The molecule has 0 saturated carbocycles. The lowest BCUT2D eigenvalue weighted by molar-refractivity contribution is 0.274. The molecule has 2 nitrogen and oxygen atoms in total. The zero-order valence-electron chi connectivity index (χ0n) is 9.77. The Morgan fingerprint density at radius 3 is 2.20 bits per heavy atom. The van der Waals surface area contributed by atoms with Crippen LogP contribution >= 0.6 is 0 Å². The SMILES string of the molecule is CCC(C[SiH](OC)OC)c1ccccc1. The Morgan fingerprint density at radius 1 is 1.13 bits per heavy atom. The Balaban J connectivity index is 2.64. The lowest BCUT2D eigenvalue weighted by atomic mass is 9.99. The molecule has 84 valence electrons. The molecule has 0 spiro atoms. The Hall–Kier alpha value is -0.643. The van der Waals surface area contributed by atoms with Crippen molar-refractivity contribution in [3.63, 3.8) is 0 Å². The van der Waals surface area contributed by atoms with Crippen molar-refractivity contribution in [2.45, 2.75) is 25.3 Å². The van der Waals surface area contributed by atoms with Gasteiger partial charge in [-0.05, 0) is 23.9 Å². The Kier molecular flexibility index (Phi) is 5.61. The molecule has 0 fully saturated rings. The van der Waals surface area contributed by atoms with E-state index in [2.05, 4.69) is 37.3 Å². The van der Waals surface area contributed by atoms with Crippen LogP contribution < -0.4 is 0 Å². The molecule has 0 heterocycles. The molecular formula is C12H20O2Si. The van der Waals surface area contributed by atoms with E-state index in [1.165, 1.54) is 5.56 Å². The smallest absolute Gasteiger partial charge is 0.321 e. The van der Waals surface area contributed by atoms with Gasteiger partial charge in [0.15, 0.2) is 0 Å².